The maximum absolute atomic E-state index is 13.1. The van der Waals surface area contributed by atoms with Gasteiger partial charge < -0.3 is 14.9 Å². The van der Waals surface area contributed by atoms with Crippen LogP contribution in [0, 0.1) is 16.0 Å². The zero-order valence-corrected chi connectivity index (χ0v) is 20.3. The number of nitro groups is 1. The Morgan fingerprint density at radius 2 is 1.65 bits per heavy atom. The summed E-state index contributed by atoms with van der Waals surface area (Å²) in [5.41, 5.74) is 1.52. The number of hydrogen-bond donors (Lipinski definition) is 1. The maximum atomic E-state index is 13.1. The first-order valence-corrected chi connectivity index (χ1v) is 13.2. The second-order valence-corrected chi connectivity index (χ2v) is 11.2. The average molecular weight is 489 g/mol. The molecule has 0 saturated carbocycles. The fraction of sp³-hybridized carbons (Fsp3) is 0.500. The smallest absolute Gasteiger partial charge is 0.293 e. The van der Waals surface area contributed by atoms with E-state index in [1.807, 2.05) is 24.1 Å². The van der Waals surface area contributed by atoms with Gasteiger partial charge in [-0.05, 0) is 68.5 Å². The molecule has 0 spiro atoms. The fourth-order valence-corrected chi connectivity index (χ4v) is 6.19. The van der Waals surface area contributed by atoms with E-state index in [2.05, 4.69) is 4.90 Å². The lowest BCUT2D eigenvalue weighted by Gasteiger charge is -2.34. The number of aryl methyl sites for hydroxylation is 1. The van der Waals surface area contributed by atoms with Crippen molar-refractivity contribution < 1.29 is 18.4 Å². The highest BCUT2D eigenvalue weighted by atomic mass is 32.2. The van der Waals surface area contributed by atoms with E-state index in [1.165, 1.54) is 22.0 Å². The molecule has 2 saturated heterocycles. The summed E-state index contributed by atoms with van der Waals surface area (Å²) in [6, 6.07) is 11.6. The number of piperazine rings is 1. The summed E-state index contributed by atoms with van der Waals surface area (Å²) in [4.78, 5) is 15.4. The molecule has 0 aromatic heterocycles. The minimum absolute atomic E-state index is 0.0173. The summed E-state index contributed by atoms with van der Waals surface area (Å²) >= 11 is 0. The number of anilines is 1. The van der Waals surface area contributed by atoms with E-state index in [1.54, 1.807) is 18.2 Å². The number of aromatic hydroxyl groups is 1. The second kappa shape index (κ2) is 10.3. The van der Waals surface area contributed by atoms with Crippen molar-refractivity contribution in [1.82, 2.24) is 9.21 Å². The van der Waals surface area contributed by atoms with Crippen LogP contribution < -0.4 is 4.90 Å². The molecule has 2 heterocycles. The first-order valence-electron chi connectivity index (χ1n) is 11.7. The summed E-state index contributed by atoms with van der Waals surface area (Å²) in [6.07, 6.45) is 3.82. The molecule has 9 nitrogen and oxygen atoms in total. The van der Waals surface area contributed by atoms with Crippen LogP contribution in [0.25, 0.3) is 0 Å². The number of nitrogens with zero attached hydrogens (tertiary/aromatic N) is 4. The van der Waals surface area contributed by atoms with Gasteiger partial charge in [0.1, 0.15) is 11.4 Å². The number of hydrogen-bond acceptors (Lipinski definition) is 7. The summed E-state index contributed by atoms with van der Waals surface area (Å²) in [7, 11) is -1.82. The van der Waals surface area contributed by atoms with Gasteiger partial charge in [-0.2, -0.15) is 4.31 Å². The molecule has 2 aromatic rings. The predicted molar refractivity (Wildman–Crippen MR) is 131 cm³/mol. The molecule has 0 amide bonds. The maximum Gasteiger partial charge on any atom is 0.293 e. The van der Waals surface area contributed by atoms with Gasteiger partial charge in [-0.15, -0.1) is 0 Å². The van der Waals surface area contributed by atoms with Gasteiger partial charge in [0, 0.05) is 45.3 Å². The fourth-order valence-electron chi connectivity index (χ4n) is 4.75. The number of rotatable bonds is 7. The Morgan fingerprint density at radius 3 is 2.26 bits per heavy atom. The van der Waals surface area contributed by atoms with Crippen molar-refractivity contribution in [1.29, 1.82) is 0 Å². The van der Waals surface area contributed by atoms with Crippen LogP contribution in [-0.2, 0) is 16.4 Å². The topological polar surface area (TPSA) is 107 Å². The highest BCUT2D eigenvalue weighted by Crippen LogP contribution is 2.35. The Labute approximate surface area is 200 Å². The molecule has 184 valence electrons. The molecular formula is C24H32N4O5S. The molecule has 0 unspecified atom stereocenters. The van der Waals surface area contributed by atoms with Crippen LogP contribution in [0.4, 0.5) is 11.4 Å². The first kappa shape index (κ1) is 24.4. The van der Waals surface area contributed by atoms with Crippen molar-refractivity contribution in [2.24, 2.45) is 5.92 Å². The Morgan fingerprint density at radius 1 is 1.00 bits per heavy atom. The third-order valence-corrected chi connectivity index (χ3v) is 8.87. The van der Waals surface area contributed by atoms with Crippen molar-refractivity contribution in [3.8, 4) is 5.75 Å². The minimum Gasteiger partial charge on any atom is -0.508 e. The monoisotopic (exact) mass is 488 g/mol. The normalized spacial score (nSPS) is 18.8. The van der Waals surface area contributed by atoms with E-state index in [9.17, 15) is 23.6 Å². The van der Waals surface area contributed by atoms with Crippen LogP contribution in [0.3, 0.4) is 0 Å². The summed E-state index contributed by atoms with van der Waals surface area (Å²) in [5, 5.41) is 21.3. The highest BCUT2D eigenvalue weighted by Gasteiger charge is 2.31. The lowest BCUT2D eigenvalue weighted by Crippen LogP contribution is -2.47. The van der Waals surface area contributed by atoms with E-state index in [-0.39, 0.29) is 16.3 Å². The summed E-state index contributed by atoms with van der Waals surface area (Å²) < 4.78 is 27.5. The first-order chi connectivity index (χ1) is 16.2. The molecular weight excluding hydrogens is 456 g/mol. The number of sulfonamides is 1. The van der Waals surface area contributed by atoms with Gasteiger partial charge in [0.25, 0.3) is 5.69 Å². The molecule has 2 aliphatic heterocycles. The Balaban J connectivity index is 1.42. The lowest BCUT2D eigenvalue weighted by molar-refractivity contribution is -0.384. The Bertz CT molecular complexity index is 1110. The molecule has 1 N–H and O–H groups in total. The van der Waals surface area contributed by atoms with Gasteiger partial charge in [0.15, 0.2) is 0 Å². The lowest BCUT2D eigenvalue weighted by atomic mass is 9.90. The van der Waals surface area contributed by atoms with Crippen LogP contribution in [0.2, 0.25) is 0 Å². The molecule has 2 aliphatic rings. The van der Waals surface area contributed by atoms with Crippen LogP contribution in [0.1, 0.15) is 24.8 Å². The third-order valence-electron chi connectivity index (χ3n) is 6.98. The molecule has 2 fully saturated rings. The van der Waals surface area contributed by atoms with E-state index in [4.69, 9.17) is 0 Å². The molecule has 2 aromatic carbocycles. The Hall–Kier alpha value is -2.69. The number of phenols is 1. The predicted octanol–water partition coefficient (Wildman–Crippen LogP) is 3.09. The van der Waals surface area contributed by atoms with Crippen molar-refractivity contribution in [2.45, 2.75) is 30.6 Å². The number of likely N-dealkylation sites (N-methyl/N-ethyl adjacent to an activating group) is 1. The molecule has 34 heavy (non-hydrogen) atoms. The van der Waals surface area contributed by atoms with Crippen molar-refractivity contribution >= 4 is 21.4 Å². The van der Waals surface area contributed by atoms with E-state index >= 15 is 0 Å². The van der Waals surface area contributed by atoms with Crippen LogP contribution in [0.5, 0.6) is 5.75 Å². The van der Waals surface area contributed by atoms with Gasteiger partial charge >= 0.3 is 0 Å². The molecule has 0 atom stereocenters. The number of nitro benzene ring substituents is 1. The van der Waals surface area contributed by atoms with Gasteiger partial charge in [0.2, 0.25) is 10.0 Å². The van der Waals surface area contributed by atoms with Gasteiger partial charge in [0.05, 0.1) is 9.82 Å². The quantitative estimate of drug-likeness (QED) is 0.471. The molecule has 0 radical (unpaired) electrons. The van der Waals surface area contributed by atoms with Crippen LogP contribution in [-0.4, -0.2) is 74.0 Å². The third kappa shape index (κ3) is 5.51. The minimum atomic E-state index is -3.77. The molecule has 0 aliphatic carbocycles. The highest BCUT2D eigenvalue weighted by molar-refractivity contribution is 7.89. The van der Waals surface area contributed by atoms with Gasteiger partial charge in [-0.3, -0.25) is 10.1 Å². The summed E-state index contributed by atoms with van der Waals surface area (Å²) in [6.45, 7) is 3.44. The van der Waals surface area contributed by atoms with Crippen LogP contribution in [0.15, 0.2) is 47.4 Å². The van der Waals surface area contributed by atoms with Crippen molar-refractivity contribution in [3.05, 3.63) is 58.1 Å². The molecule has 4 rings (SSSR count). The van der Waals surface area contributed by atoms with E-state index in [0.717, 1.165) is 25.7 Å². The van der Waals surface area contributed by atoms with Gasteiger partial charge in [-0.1, -0.05) is 12.1 Å². The molecule has 0 bridgehead atoms. The Kier molecular flexibility index (Phi) is 7.39. The average Bonchev–Trinajstić information content (AvgIpc) is 2.84. The van der Waals surface area contributed by atoms with E-state index in [0.29, 0.717) is 50.9 Å². The zero-order valence-electron chi connectivity index (χ0n) is 19.5. The van der Waals surface area contributed by atoms with Crippen molar-refractivity contribution in [3.63, 3.8) is 0 Å². The molecule has 10 heteroatoms. The summed E-state index contributed by atoms with van der Waals surface area (Å²) in [5.74, 6) is 0.794. The van der Waals surface area contributed by atoms with Crippen LogP contribution >= 0.6 is 0 Å². The van der Waals surface area contributed by atoms with E-state index < -0.39 is 14.9 Å². The second-order valence-electron chi connectivity index (χ2n) is 9.25. The SMILES string of the molecule is CN1CCN(S(=O)(=O)c2ccc(N3CCC(CCc4ccc(O)cc4)CC3)c([N+](=O)[O-])c2)CC1. The number of piperidine rings is 1. The number of phenolic OH excluding ortho intramolecular Hbond substituents is 1. The zero-order chi connectivity index (χ0) is 24.3. The number of benzene rings is 2. The van der Waals surface area contributed by atoms with Gasteiger partial charge in [-0.25, -0.2) is 8.42 Å². The standard InChI is InChI=1S/C24H32N4O5S/c1-25-14-16-27(17-15-25)34(32,33)22-8-9-23(24(18-22)28(30)31)26-12-10-20(11-13-26)3-2-19-4-6-21(29)7-5-19/h4-9,18,20,29H,2-3,10-17H2,1H3. The largest absolute Gasteiger partial charge is 0.508 e. The van der Waals surface area contributed by atoms with Crippen molar-refractivity contribution in [2.75, 3.05) is 51.2 Å².